The Labute approximate surface area is 121 Å². The fraction of sp³-hybridized carbons (Fsp3) is 0.0833. The molecule has 0 aromatic heterocycles. The number of rotatable bonds is 2. The van der Waals surface area contributed by atoms with E-state index in [4.69, 9.17) is 0 Å². The van der Waals surface area contributed by atoms with Gasteiger partial charge in [-0.2, -0.15) is 30.3 Å². The van der Waals surface area contributed by atoms with Gasteiger partial charge in [0.15, 0.2) is 0 Å². The zero-order chi connectivity index (χ0) is 10.7. The van der Waals surface area contributed by atoms with Gasteiger partial charge in [-0.05, 0) is 4.90 Å². The van der Waals surface area contributed by atoms with Gasteiger partial charge >= 0.3 is 0 Å². The minimum absolute atomic E-state index is 0. The molecule has 0 N–H and O–H groups in total. The number of benzene rings is 1. The second-order valence-corrected chi connectivity index (χ2v) is 5.27. The predicted octanol–water partition coefficient (Wildman–Crippen LogP) is 1.96. The maximum absolute atomic E-state index is 12.0. The molecule has 2 rings (SSSR count). The van der Waals surface area contributed by atoms with Crippen molar-refractivity contribution < 1.29 is 41.1 Å². The van der Waals surface area contributed by atoms with Gasteiger partial charge in [0, 0.05) is 38.0 Å². The van der Waals surface area contributed by atoms with Crippen LogP contribution in [-0.4, -0.2) is 13.7 Å². The van der Waals surface area contributed by atoms with Crippen LogP contribution >= 0.6 is 0 Å². The van der Waals surface area contributed by atoms with Gasteiger partial charge in [-0.25, -0.2) is 27.0 Å². The van der Waals surface area contributed by atoms with Crippen LogP contribution in [0.1, 0.15) is 0 Å². The fourth-order valence-electron chi connectivity index (χ4n) is 1.38. The van der Waals surface area contributed by atoms with E-state index in [-0.39, 0.29) is 37.6 Å². The molecule has 2 nitrogen and oxygen atoms in total. The molecule has 16 heavy (non-hydrogen) atoms. The summed E-state index contributed by atoms with van der Waals surface area (Å²) in [6, 6.07) is 9.36. The van der Waals surface area contributed by atoms with Crippen LogP contribution in [-0.2, 0) is 42.5 Å². The Morgan fingerprint density at radius 3 is 2.62 bits per heavy atom. The minimum Gasteiger partial charge on any atom is -0.227 e. The third-order valence-electron chi connectivity index (χ3n) is 2.17. The van der Waals surface area contributed by atoms with Gasteiger partial charge in [0.25, 0.3) is 0 Å². The Bertz CT molecular complexity index is 489. The molecule has 0 heterocycles. The molecular weight excluding hydrogens is 297 g/mol. The van der Waals surface area contributed by atoms with Crippen LogP contribution in [0, 0.1) is 12.5 Å². The number of hydrogen-bond donors (Lipinski definition) is 0. The van der Waals surface area contributed by atoms with Crippen molar-refractivity contribution in [1.82, 2.24) is 0 Å². The van der Waals surface area contributed by atoms with E-state index in [1.807, 2.05) is 0 Å². The van der Waals surface area contributed by atoms with Crippen molar-refractivity contribution in [3.05, 3.63) is 61.1 Å². The van der Waals surface area contributed by atoms with Crippen molar-refractivity contribution in [2.24, 2.45) is 0 Å². The Morgan fingerprint density at radius 1 is 1.25 bits per heavy atom. The number of sulfone groups is 1. The van der Waals surface area contributed by atoms with E-state index in [1.54, 1.807) is 55.0 Å². The Kier molecular flexibility index (Phi) is 4.97. The van der Waals surface area contributed by atoms with Gasteiger partial charge in [0.1, 0.15) is 9.84 Å². The summed E-state index contributed by atoms with van der Waals surface area (Å²) in [5, 5.41) is -0.568. The zero-order valence-corrected chi connectivity index (χ0v) is 12.2. The summed E-state index contributed by atoms with van der Waals surface area (Å²) < 4.78 is 24.1. The first-order valence-corrected chi connectivity index (χ1v) is 6.15. The standard InChI is InChI=1S/C12H10O2S.Y/c13-15(14,11-7-3-1-4-8-11)12-9-5-2-6-10-12;/h1-9,11H;/q-2;. The van der Waals surface area contributed by atoms with E-state index in [1.165, 1.54) is 0 Å². The molecule has 0 spiro atoms. The average Bonchev–Trinajstić information content (AvgIpc) is 2.31. The third-order valence-corrected chi connectivity index (χ3v) is 4.07. The molecule has 1 aliphatic rings. The number of allylic oxidation sites excluding steroid dienone is 3. The molecule has 0 amide bonds. The maximum Gasteiger partial charge on any atom is 0.149 e. The average molecular weight is 307 g/mol. The van der Waals surface area contributed by atoms with Gasteiger partial charge in [-0.3, -0.25) is 0 Å². The first-order chi connectivity index (χ1) is 7.21. The molecule has 4 heteroatoms. The molecule has 0 saturated carbocycles. The molecule has 1 aliphatic carbocycles. The summed E-state index contributed by atoms with van der Waals surface area (Å²) in [4.78, 5) is 0.242. The molecule has 0 fully saturated rings. The van der Waals surface area contributed by atoms with Gasteiger partial charge in [0.2, 0.25) is 0 Å². The van der Waals surface area contributed by atoms with Crippen molar-refractivity contribution >= 4 is 9.84 Å². The van der Waals surface area contributed by atoms with Crippen LogP contribution in [0.15, 0.2) is 53.5 Å². The van der Waals surface area contributed by atoms with Crippen LogP contribution in [0.3, 0.4) is 0 Å². The van der Waals surface area contributed by atoms with Crippen LogP contribution in [0.5, 0.6) is 0 Å². The van der Waals surface area contributed by atoms with Crippen LogP contribution in [0.25, 0.3) is 0 Å². The SMILES string of the molecule is O=S(=O)(c1[c-]cccc1)C1C=CC=C[CH-]1.[Y]. The van der Waals surface area contributed by atoms with Crippen LogP contribution < -0.4 is 0 Å². The molecule has 1 unspecified atom stereocenters. The molecule has 0 bridgehead atoms. The van der Waals surface area contributed by atoms with E-state index in [0.717, 1.165) is 0 Å². The van der Waals surface area contributed by atoms with Gasteiger partial charge in [0.05, 0.1) is 0 Å². The van der Waals surface area contributed by atoms with E-state index in [2.05, 4.69) is 6.07 Å². The Balaban J connectivity index is 0.00000128. The molecule has 81 valence electrons. The topological polar surface area (TPSA) is 34.1 Å². The van der Waals surface area contributed by atoms with Crippen molar-refractivity contribution in [1.29, 1.82) is 0 Å². The van der Waals surface area contributed by atoms with E-state index in [0.29, 0.717) is 0 Å². The quantitative estimate of drug-likeness (QED) is 0.783. The summed E-state index contributed by atoms with van der Waals surface area (Å²) in [6.45, 7) is 0. The summed E-state index contributed by atoms with van der Waals surface area (Å²) >= 11 is 0. The van der Waals surface area contributed by atoms with Gasteiger partial charge in [-0.15, -0.1) is 6.08 Å². The van der Waals surface area contributed by atoms with E-state index in [9.17, 15) is 8.42 Å². The van der Waals surface area contributed by atoms with Gasteiger partial charge < -0.3 is 0 Å². The molecular formula is C12H10O2SY-2. The monoisotopic (exact) mass is 307 g/mol. The third kappa shape index (κ3) is 2.85. The Morgan fingerprint density at radius 2 is 2.06 bits per heavy atom. The second-order valence-electron chi connectivity index (χ2n) is 3.20. The number of hydrogen-bond acceptors (Lipinski definition) is 2. The summed E-state index contributed by atoms with van der Waals surface area (Å²) in [6.07, 6.45) is 8.61. The smallest absolute Gasteiger partial charge is 0.149 e. The normalized spacial score (nSPS) is 18.6. The van der Waals surface area contributed by atoms with Crippen molar-refractivity contribution in [2.45, 2.75) is 10.1 Å². The molecule has 1 atom stereocenters. The molecule has 1 aromatic rings. The molecule has 0 saturated heterocycles. The predicted molar refractivity (Wildman–Crippen MR) is 58.8 cm³/mol. The van der Waals surface area contributed by atoms with Crippen molar-refractivity contribution in [2.75, 3.05) is 0 Å². The molecule has 1 radical (unpaired) electrons. The summed E-state index contributed by atoms with van der Waals surface area (Å²) in [7, 11) is -3.31. The van der Waals surface area contributed by atoms with E-state index >= 15 is 0 Å². The largest absolute Gasteiger partial charge is 0.227 e. The van der Waals surface area contributed by atoms with Crippen LogP contribution in [0.2, 0.25) is 0 Å². The second kappa shape index (κ2) is 5.80. The summed E-state index contributed by atoms with van der Waals surface area (Å²) in [5.41, 5.74) is 0. The maximum atomic E-state index is 12.0. The first-order valence-electron chi connectivity index (χ1n) is 4.60. The van der Waals surface area contributed by atoms with Crippen LogP contribution in [0.4, 0.5) is 0 Å². The minimum atomic E-state index is -3.31. The summed E-state index contributed by atoms with van der Waals surface area (Å²) in [5.74, 6) is 0. The van der Waals surface area contributed by atoms with Crippen molar-refractivity contribution in [3.63, 3.8) is 0 Å². The van der Waals surface area contributed by atoms with Gasteiger partial charge in [-0.1, -0.05) is 6.08 Å². The molecule has 0 aliphatic heterocycles. The molecule has 1 aromatic carbocycles. The first kappa shape index (κ1) is 13.7. The fourth-order valence-corrected chi connectivity index (χ4v) is 2.77. The van der Waals surface area contributed by atoms with E-state index < -0.39 is 15.1 Å². The Hall–Kier alpha value is -0.376. The zero-order valence-electron chi connectivity index (χ0n) is 8.58. The van der Waals surface area contributed by atoms with Crippen molar-refractivity contribution in [3.8, 4) is 0 Å².